The molecule has 16 nitrogen and oxygen atoms in total. The first-order chi connectivity index (χ1) is 51.2. The average molecular weight is 1510 g/mol. The van der Waals surface area contributed by atoms with Crippen molar-refractivity contribution in [2.75, 3.05) is 39.6 Å². The number of aliphatic hydroxyl groups is 2. The number of hydrogen-bond acceptors (Lipinski definition) is 14. The molecule has 0 aromatic carbocycles. The second-order valence-electron chi connectivity index (χ2n) is 27.2. The van der Waals surface area contributed by atoms with E-state index in [9.17, 15) is 43.5 Å². The molecule has 0 amide bonds. The van der Waals surface area contributed by atoms with Crippen LogP contribution >= 0.6 is 15.6 Å². The number of allylic oxidation sites excluding steroid dienone is 24. The van der Waals surface area contributed by atoms with Crippen LogP contribution in [0, 0.1) is 0 Å². The summed E-state index contributed by atoms with van der Waals surface area (Å²) in [5.74, 6) is -1.62. The van der Waals surface area contributed by atoms with Gasteiger partial charge in [-0.2, -0.15) is 0 Å². The van der Waals surface area contributed by atoms with E-state index >= 15 is 0 Å². The van der Waals surface area contributed by atoms with Crippen molar-refractivity contribution in [3.8, 4) is 0 Å². The second-order valence-corrected chi connectivity index (χ2v) is 30.1. The molecule has 5 unspecified atom stereocenters. The van der Waals surface area contributed by atoms with Crippen LogP contribution in [0.4, 0.5) is 0 Å². The van der Waals surface area contributed by atoms with Crippen molar-refractivity contribution < 1.29 is 75.8 Å². The highest BCUT2D eigenvalue weighted by Crippen LogP contribution is 2.45. The molecule has 0 spiro atoms. The fourth-order valence-electron chi connectivity index (χ4n) is 10.8. The lowest BCUT2D eigenvalue weighted by atomic mass is 10.0. The van der Waals surface area contributed by atoms with Gasteiger partial charge in [-0.1, -0.05) is 308 Å². The summed E-state index contributed by atoms with van der Waals surface area (Å²) in [6.07, 6.45) is 97.5. The molecular formula is C87H148O16P2. The number of aliphatic hydroxyl groups excluding tert-OH is 2. The Morgan fingerprint density at radius 2 is 0.505 bits per heavy atom. The SMILES string of the molecule is CC/C=C\C/C=C\C/C=C\C/C=C\CCCCCCC(=O)OC(COC(=O)CCCCCCC/C=C\C/C=C\C/C=C\C/C=C\CCCCC)COP(=O)(O)OCC(O)COP(=O)(O)OCC(O)COC(=O)CCCCCCCCCCCCCCCCC/C=C\C/C=C\C/C=C\C/C=C\CCCCC. The quantitative estimate of drug-likeness (QED) is 0.0146. The van der Waals surface area contributed by atoms with Gasteiger partial charge in [0.15, 0.2) is 6.10 Å². The van der Waals surface area contributed by atoms with Crippen molar-refractivity contribution in [1.82, 2.24) is 0 Å². The number of ether oxygens (including phenoxy) is 3. The Morgan fingerprint density at radius 3 is 0.800 bits per heavy atom. The summed E-state index contributed by atoms with van der Waals surface area (Å²) in [5, 5.41) is 20.7. The summed E-state index contributed by atoms with van der Waals surface area (Å²) < 4.78 is 61.2. The zero-order valence-corrected chi connectivity index (χ0v) is 67.6. The van der Waals surface area contributed by atoms with Gasteiger partial charge in [0.05, 0.1) is 26.4 Å². The molecule has 105 heavy (non-hydrogen) atoms. The van der Waals surface area contributed by atoms with Gasteiger partial charge in [0.25, 0.3) is 0 Å². The van der Waals surface area contributed by atoms with Crippen molar-refractivity contribution >= 4 is 33.6 Å². The zero-order valence-electron chi connectivity index (χ0n) is 65.9. The number of phosphoric ester groups is 2. The maximum Gasteiger partial charge on any atom is 0.472 e. The minimum absolute atomic E-state index is 0.0681. The van der Waals surface area contributed by atoms with Gasteiger partial charge in [-0.25, -0.2) is 9.13 Å². The van der Waals surface area contributed by atoms with Crippen LogP contribution in [0.3, 0.4) is 0 Å². The van der Waals surface area contributed by atoms with E-state index in [1.54, 1.807) is 0 Å². The Kier molecular flexibility index (Phi) is 75.6. The highest BCUT2D eigenvalue weighted by Gasteiger charge is 2.29. The van der Waals surface area contributed by atoms with E-state index < -0.39 is 91.5 Å². The van der Waals surface area contributed by atoms with E-state index in [-0.39, 0.29) is 19.3 Å². The van der Waals surface area contributed by atoms with Crippen LogP contribution < -0.4 is 0 Å². The molecule has 5 atom stereocenters. The zero-order chi connectivity index (χ0) is 76.6. The second kappa shape index (κ2) is 79.0. The molecule has 602 valence electrons. The minimum atomic E-state index is -4.95. The highest BCUT2D eigenvalue weighted by molar-refractivity contribution is 7.47. The fraction of sp³-hybridized carbons (Fsp3) is 0.690. The van der Waals surface area contributed by atoms with Gasteiger partial charge in [-0.3, -0.25) is 32.5 Å². The Hall–Kier alpha value is -4.57. The van der Waals surface area contributed by atoms with Crippen LogP contribution in [0.1, 0.15) is 329 Å². The van der Waals surface area contributed by atoms with Gasteiger partial charge in [-0.15, -0.1) is 0 Å². The number of hydrogen-bond donors (Lipinski definition) is 4. The van der Waals surface area contributed by atoms with E-state index in [2.05, 4.69) is 167 Å². The van der Waals surface area contributed by atoms with Crippen molar-refractivity contribution in [3.63, 3.8) is 0 Å². The first kappa shape index (κ1) is 100. The largest absolute Gasteiger partial charge is 0.472 e. The molecule has 0 fully saturated rings. The molecule has 0 aromatic heterocycles. The summed E-state index contributed by atoms with van der Waals surface area (Å²) in [5.41, 5.74) is 0. The lowest BCUT2D eigenvalue weighted by Crippen LogP contribution is -2.30. The summed E-state index contributed by atoms with van der Waals surface area (Å²) in [7, 11) is -9.81. The molecule has 18 heteroatoms. The summed E-state index contributed by atoms with van der Waals surface area (Å²) in [4.78, 5) is 58.7. The molecule has 0 radical (unpaired) electrons. The monoisotopic (exact) mass is 1510 g/mol. The van der Waals surface area contributed by atoms with Crippen molar-refractivity contribution in [1.29, 1.82) is 0 Å². The van der Waals surface area contributed by atoms with Crippen LogP contribution in [-0.4, -0.2) is 95.9 Å². The third-order valence-corrected chi connectivity index (χ3v) is 18.9. The summed E-state index contributed by atoms with van der Waals surface area (Å²) in [6, 6.07) is 0. The molecule has 0 saturated heterocycles. The van der Waals surface area contributed by atoms with Crippen LogP contribution in [0.25, 0.3) is 0 Å². The van der Waals surface area contributed by atoms with Gasteiger partial charge < -0.3 is 34.2 Å². The standard InChI is InChI=1S/C87H148O16P2/c1-4-7-10-13-16-19-22-25-28-31-33-35-36-37-38-39-40-41-42-43-44-46-48-50-52-55-58-61-64-67-70-73-85(90)97-76-82(88)77-99-104(93,94)100-78-83(89)79-101-105(95,96)102-81-84(103-87(92)75-72-69-66-63-60-57-54-49-30-27-24-21-18-15-12-9-6-3)80-98-86(91)74-71-68-65-62-59-56-53-51-47-45-34-32-29-26-23-20-17-14-11-8-5-2/h9,12,16-21,25-30,33-35,37-38,45,51,53-54,57,82-84,88-89H,4-8,10-11,13-15,22-24,31-32,36,39-44,46-50,52,55-56,58-81H2,1-3H3,(H,93,94)(H,95,96)/b12-9-,19-16-,20-17-,21-18-,28-25-,29-26-,30-27-,35-33-,38-37-,45-34-,53-51-,57-54-. The number of esters is 3. The molecule has 0 aliphatic heterocycles. The summed E-state index contributed by atoms with van der Waals surface area (Å²) in [6.45, 7) is 2.47. The van der Waals surface area contributed by atoms with Gasteiger partial charge >= 0.3 is 33.6 Å². The number of phosphoric acid groups is 2. The Morgan fingerprint density at radius 1 is 0.276 bits per heavy atom. The van der Waals surface area contributed by atoms with E-state index in [0.717, 1.165) is 141 Å². The average Bonchev–Trinajstić information content (AvgIpc) is 1.41. The minimum Gasteiger partial charge on any atom is -0.463 e. The molecule has 0 aliphatic rings. The van der Waals surface area contributed by atoms with Crippen LogP contribution in [0.2, 0.25) is 0 Å². The number of rotatable bonds is 77. The van der Waals surface area contributed by atoms with E-state index in [0.29, 0.717) is 19.3 Å². The van der Waals surface area contributed by atoms with E-state index in [4.69, 9.17) is 32.3 Å². The predicted molar refractivity (Wildman–Crippen MR) is 436 cm³/mol. The van der Waals surface area contributed by atoms with E-state index in [1.165, 1.54) is 128 Å². The Bertz CT molecular complexity index is 2490. The fourth-order valence-corrected chi connectivity index (χ4v) is 12.4. The molecule has 4 N–H and O–H groups in total. The maximum absolute atomic E-state index is 13.0. The number of carbonyl (C=O) groups excluding carboxylic acids is 3. The van der Waals surface area contributed by atoms with Crippen LogP contribution in [0.5, 0.6) is 0 Å². The van der Waals surface area contributed by atoms with Crippen molar-refractivity contribution in [2.24, 2.45) is 0 Å². The van der Waals surface area contributed by atoms with Crippen molar-refractivity contribution in [3.05, 3.63) is 146 Å². The van der Waals surface area contributed by atoms with Gasteiger partial charge in [0, 0.05) is 19.3 Å². The molecule has 0 heterocycles. The van der Waals surface area contributed by atoms with Crippen LogP contribution in [0.15, 0.2) is 146 Å². The van der Waals surface area contributed by atoms with Gasteiger partial charge in [-0.05, 0) is 148 Å². The van der Waals surface area contributed by atoms with Crippen molar-refractivity contribution in [2.45, 2.75) is 347 Å². The third-order valence-electron chi connectivity index (χ3n) is 17.0. The molecule has 0 rings (SSSR count). The highest BCUT2D eigenvalue weighted by atomic mass is 31.2. The first-order valence-corrected chi connectivity index (χ1v) is 44.1. The first-order valence-electron chi connectivity index (χ1n) is 41.1. The van der Waals surface area contributed by atoms with Gasteiger partial charge in [0.1, 0.15) is 25.4 Å². The van der Waals surface area contributed by atoms with Gasteiger partial charge in [0.2, 0.25) is 0 Å². The topological polar surface area (TPSA) is 231 Å². The smallest absolute Gasteiger partial charge is 0.463 e. The molecule has 0 aliphatic carbocycles. The lowest BCUT2D eigenvalue weighted by molar-refractivity contribution is -0.161. The number of unbranched alkanes of at least 4 members (excludes halogenated alkanes) is 30. The maximum atomic E-state index is 13.0. The predicted octanol–water partition coefficient (Wildman–Crippen LogP) is 24.4. The third kappa shape index (κ3) is 80.3. The molecule has 0 saturated carbocycles. The lowest BCUT2D eigenvalue weighted by Gasteiger charge is -2.21. The molecular weight excluding hydrogens is 1360 g/mol. The summed E-state index contributed by atoms with van der Waals surface area (Å²) >= 11 is 0. The normalized spacial score (nSPS) is 14.7. The molecule has 0 bridgehead atoms. The van der Waals surface area contributed by atoms with Crippen LogP contribution in [-0.2, 0) is 55.8 Å². The number of carbonyl (C=O) groups is 3. The Balaban J connectivity index is 4.55. The molecule has 0 aromatic rings. The van der Waals surface area contributed by atoms with E-state index in [1.807, 2.05) is 0 Å². The Labute approximate surface area is 638 Å².